The minimum atomic E-state index is 0.197. The molecule has 2 rings (SSSR count). The molecule has 0 radical (unpaired) electrons. The van der Waals surface area contributed by atoms with Crippen molar-refractivity contribution in [3.05, 3.63) is 30.1 Å². The summed E-state index contributed by atoms with van der Waals surface area (Å²) in [6.07, 6.45) is 8.95. The lowest BCUT2D eigenvalue weighted by Crippen LogP contribution is -2.43. The molecule has 2 unspecified atom stereocenters. The van der Waals surface area contributed by atoms with Crippen LogP contribution in [0.3, 0.4) is 0 Å². The van der Waals surface area contributed by atoms with Crippen LogP contribution in [0, 0.1) is 5.92 Å². The fourth-order valence-corrected chi connectivity index (χ4v) is 2.96. The lowest BCUT2D eigenvalue weighted by atomic mass is 9.84. The molecule has 2 N–H and O–H groups in total. The quantitative estimate of drug-likeness (QED) is 0.820. The summed E-state index contributed by atoms with van der Waals surface area (Å²) in [6, 6.07) is 4.76. The number of aromatic nitrogens is 1. The summed E-state index contributed by atoms with van der Waals surface area (Å²) in [5, 5.41) is 0. The van der Waals surface area contributed by atoms with E-state index in [0.29, 0.717) is 6.04 Å². The Labute approximate surface area is 117 Å². The van der Waals surface area contributed by atoms with E-state index in [9.17, 15) is 0 Å². The second kappa shape index (κ2) is 7.01. The first-order valence-electron chi connectivity index (χ1n) is 7.65. The van der Waals surface area contributed by atoms with E-state index in [4.69, 9.17) is 5.73 Å². The van der Waals surface area contributed by atoms with Crippen LogP contribution in [0.4, 0.5) is 0 Å². The maximum atomic E-state index is 6.40. The monoisotopic (exact) mass is 261 g/mol. The van der Waals surface area contributed by atoms with Crippen molar-refractivity contribution in [2.75, 3.05) is 13.1 Å². The van der Waals surface area contributed by atoms with Gasteiger partial charge in [-0.1, -0.05) is 20.3 Å². The Morgan fingerprint density at radius 1 is 1.32 bits per heavy atom. The molecular formula is C16H27N3. The second-order valence-electron chi connectivity index (χ2n) is 5.68. The zero-order chi connectivity index (χ0) is 13.7. The lowest BCUT2D eigenvalue weighted by Gasteiger charge is -2.39. The molecule has 1 aliphatic rings. The normalized spacial score (nSPS) is 19.2. The summed E-state index contributed by atoms with van der Waals surface area (Å²) >= 11 is 0. The van der Waals surface area contributed by atoms with Crippen LogP contribution in [0.5, 0.6) is 0 Å². The third-order valence-corrected chi connectivity index (χ3v) is 4.44. The molecule has 0 saturated heterocycles. The molecule has 0 aromatic carbocycles. The highest BCUT2D eigenvalue weighted by Gasteiger charge is 2.28. The van der Waals surface area contributed by atoms with Gasteiger partial charge in [0.05, 0.1) is 0 Å². The van der Waals surface area contributed by atoms with Crippen molar-refractivity contribution in [2.45, 2.75) is 51.6 Å². The van der Waals surface area contributed by atoms with Crippen molar-refractivity contribution in [3.63, 3.8) is 0 Å². The molecular weight excluding hydrogens is 234 g/mol. The van der Waals surface area contributed by atoms with Crippen molar-refractivity contribution in [3.8, 4) is 0 Å². The lowest BCUT2D eigenvalue weighted by molar-refractivity contribution is 0.121. The van der Waals surface area contributed by atoms with Crippen LogP contribution in [0.15, 0.2) is 24.5 Å². The molecule has 106 valence electrons. The van der Waals surface area contributed by atoms with Gasteiger partial charge in [-0.15, -0.1) is 0 Å². The van der Waals surface area contributed by atoms with E-state index in [-0.39, 0.29) is 6.04 Å². The molecule has 1 saturated carbocycles. The molecule has 0 aliphatic heterocycles. The average molecular weight is 261 g/mol. The maximum absolute atomic E-state index is 6.40. The summed E-state index contributed by atoms with van der Waals surface area (Å²) in [4.78, 5) is 6.69. The first-order valence-corrected chi connectivity index (χ1v) is 7.65. The van der Waals surface area contributed by atoms with Gasteiger partial charge in [0.15, 0.2) is 0 Å². The Hall–Kier alpha value is -0.930. The summed E-state index contributed by atoms with van der Waals surface area (Å²) in [5.41, 5.74) is 7.71. The molecule has 0 spiro atoms. The second-order valence-corrected chi connectivity index (χ2v) is 5.68. The molecule has 0 amide bonds. The third kappa shape index (κ3) is 3.54. The van der Waals surface area contributed by atoms with E-state index in [1.807, 2.05) is 12.4 Å². The van der Waals surface area contributed by atoms with E-state index >= 15 is 0 Å². The third-order valence-electron chi connectivity index (χ3n) is 4.44. The van der Waals surface area contributed by atoms with Gasteiger partial charge in [-0.25, -0.2) is 0 Å². The first-order chi connectivity index (χ1) is 9.26. The highest BCUT2D eigenvalue weighted by atomic mass is 15.2. The number of hydrogen-bond acceptors (Lipinski definition) is 3. The predicted molar refractivity (Wildman–Crippen MR) is 79.8 cm³/mol. The minimum absolute atomic E-state index is 0.197. The molecule has 0 bridgehead atoms. The van der Waals surface area contributed by atoms with Gasteiger partial charge in [-0.2, -0.15) is 0 Å². The van der Waals surface area contributed by atoms with Gasteiger partial charge in [-0.3, -0.25) is 9.88 Å². The smallest absolute Gasteiger partial charge is 0.0500 e. The number of nitrogens with two attached hydrogens (primary N) is 1. The molecule has 2 atom stereocenters. The average Bonchev–Trinajstić information content (AvgIpc) is 2.41. The van der Waals surface area contributed by atoms with E-state index in [2.05, 4.69) is 35.9 Å². The zero-order valence-electron chi connectivity index (χ0n) is 12.3. The summed E-state index contributed by atoms with van der Waals surface area (Å²) < 4.78 is 0. The first kappa shape index (κ1) is 14.5. The SMILES string of the molecule is CCC(N)C(c1ccncc1)N(CC)CC1CCC1. The van der Waals surface area contributed by atoms with Crippen LogP contribution in [0.2, 0.25) is 0 Å². The zero-order valence-corrected chi connectivity index (χ0v) is 12.3. The molecule has 1 aromatic rings. The number of pyridine rings is 1. The van der Waals surface area contributed by atoms with Crippen LogP contribution in [-0.2, 0) is 0 Å². The fraction of sp³-hybridized carbons (Fsp3) is 0.688. The van der Waals surface area contributed by atoms with Crippen molar-refractivity contribution in [1.29, 1.82) is 0 Å². The molecule has 1 fully saturated rings. The number of likely N-dealkylation sites (N-methyl/N-ethyl adjacent to an activating group) is 1. The standard InChI is InChI=1S/C16H27N3/c1-3-15(17)16(14-8-10-18-11-9-14)19(4-2)12-13-6-5-7-13/h8-11,13,15-16H,3-7,12,17H2,1-2H3. The Balaban J connectivity index is 2.14. The molecule has 1 heterocycles. The highest BCUT2D eigenvalue weighted by molar-refractivity contribution is 5.17. The van der Waals surface area contributed by atoms with Crippen LogP contribution in [0.1, 0.15) is 51.1 Å². The fourth-order valence-electron chi connectivity index (χ4n) is 2.96. The Bertz CT molecular complexity index is 362. The summed E-state index contributed by atoms with van der Waals surface area (Å²) in [6.45, 7) is 6.68. The number of rotatable bonds is 7. The maximum Gasteiger partial charge on any atom is 0.0500 e. The van der Waals surface area contributed by atoms with Crippen molar-refractivity contribution < 1.29 is 0 Å². The molecule has 1 aromatic heterocycles. The largest absolute Gasteiger partial charge is 0.326 e. The van der Waals surface area contributed by atoms with Gasteiger partial charge in [0.2, 0.25) is 0 Å². The minimum Gasteiger partial charge on any atom is -0.326 e. The van der Waals surface area contributed by atoms with Crippen molar-refractivity contribution in [1.82, 2.24) is 9.88 Å². The highest BCUT2D eigenvalue weighted by Crippen LogP contribution is 2.31. The summed E-state index contributed by atoms with van der Waals surface area (Å²) in [5.74, 6) is 0.883. The van der Waals surface area contributed by atoms with Crippen LogP contribution in [-0.4, -0.2) is 29.0 Å². The Morgan fingerprint density at radius 2 is 2.00 bits per heavy atom. The molecule has 3 nitrogen and oxygen atoms in total. The van der Waals surface area contributed by atoms with Crippen LogP contribution >= 0.6 is 0 Å². The van der Waals surface area contributed by atoms with Gasteiger partial charge >= 0.3 is 0 Å². The van der Waals surface area contributed by atoms with Crippen molar-refractivity contribution in [2.24, 2.45) is 11.7 Å². The van der Waals surface area contributed by atoms with Gasteiger partial charge < -0.3 is 5.73 Å². The van der Waals surface area contributed by atoms with Gasteiger partial charge in [0.1, 0.15) is 0 Å². The van der Waals surface area contributed by atoms with E-state index in [1.165, 1.54) is 31.4 Å². The summed E-state index contributed by atoms with van der Waals surface area (Å²) in [7, 11) is 0. The Morgan fingerprint density at radius 3 is 2.47 bits per heavy atom. The Kier molecular flexibility index (Phi) is 5.34. The van der Waals surface area contributed by atoms with Gasteiger partial charge in [0.25, 0.3) is 0 Å². The van der Waals surface area contributed by atoms with E-state index < -0.39 is 0 Å². The molecule has 1 aliphatic carbocycles. The molecule has 3 heteroatoms. The van der Waals surface area contributed by atoms with Gasteiger partial charge in [-0.05, 0) is 49.4 Å². The van der Waals surface area contributed by atoms with Crippen LogP contribution < -0.4 is 5.73 Å². The van der Waals surface area contributed by atoms with Crippen LogP contribution in [0.25, 0.3) is 0 Å². The topological polar surface area (TPSA) is 42.1 Å². The van der Waals surface area contributed by atoms with E-state index in [1.54, 1.807) is 0 Å². The number of hydrogen-bond donors (Lipinski definition) is 1. The number of nitrogens with zero attached hydrogens (tertiary/aromatic N) is 2. The van der Waals surface area contributed by atoms with Gasteiger partial charge in [0, 0.05) is 31.0 Å². The van der Waals surface area contributed by atoms with Crippen molar-refractivity contribution >= 4 is 0 Å². The van der Waals surface area contributed by atoms with E-state index in [0.717, 1.165) is 18.9 Å². The predicted octanol–water partition coefficient (Wildman–Crippen LogP) is 2.98. The molecule has 19 heavy (non-hydrogen) atoms.